The van der Waals surface area contributed by atoms with Gasteiger partial charge < -0.3 is 10.2 Å². The number of nitrogens with one attached hydrogen (secondary N) is 1. The third-order valence-corrected chi connectivity index (χ3v) is 8.42. The number of sulfonamides is 1. The monoisotopic (exact) mass is 535 g/mol. The van der Waals surface area contributed by atoms with Crippen molar-refractivity contribution in [1.82, 2.24) is 10.2 Å². The van der Waals surface area contributed by atoms with Gasteiger partial charge in [0, 0.05) is 13.1 Å². The van der Waals surface area contributed by atoms with Gasteiger partial charge in [0.05, 0.1) is 10.6 Å². The van der Waals surface area contributed by atoms with E-state index in [9.17, 15) is 18.0 Å². The highest BCUT2D eigenvalue weighted by atomic mass is 32.2. The van der Waals surface area contributed by atoms with Gasteiger partial charge in [-0.25, -0.2) is 8.42 Å². The van der Waals surface area contributed by atoms with Gasteiger partial charge >= 0.3 is 0 Å². The van der Waals surface area contributed by atoms with E-state index >= 15 is 0 Å². The summed E-state index contributed by atoms with van der Waals surface area (Å²) < 4.78 is 28.9. The Morgan fingerprint density at radius 1 is 0.895 bits per heavy atom. The molecule has 8 heteroatoms. The maximum Gasteiger partial charge on any atom is 0.264 e. The molecule has 0 saturated carbocycles. The van der Waals surface area contributed by atoms with Gasteiger partial charge in [-0.1, -0.05) is 74.0 Å². The van der Waals surface area contributed by atoms with E-state index in [0.717, 1.165) is 33.8 Å². The van der Waals surface area contributed by atoms with Crippen LogP contribution >= 0.6 is 0 Å². The van der Waals surface area contributed by atoms with Crippen LogP contribution in [0.5, 0.6) is 0 Å². The summed E-state index contributed by atoms with van der Waals surface area (Å²) >= 11 is 0. The van der Waals surface area contributed by atoms with Crippen LogP contribution < -0.4 is 9.62 Å². The molecule has 0 saturated heterocycles. The zero-order valence-electron chi connectivity index (χ0n) is 22.6. The summed E-state index contributed by atoms with van der Waals surface area (Å²) in [4.78, 5) is 28.5. The Balaban J connectivity index is 2.01. The number of carbonyl (C=O) groups is 2. The van der Waals surface area contributed by atoms with Gasteiger partial charge in [-0.05, 0) is 62.1 Å². The van der Waals surface area contributed by atoms with E-state index in [1.54, 1.807) is 37.3 Å². The van der Waals surface area contributed by atoms with Crippen LogP contribution in [0.2, 0.25) is 0 Å². The van der Waals surface area contributed by atoms with E-state index in [-0.39, 0.29) is 17.3 Å². The van der Waals surface area contributed by atoms with Crippen LogP contribution in [0.3, 0.4) is 0 Å². The molecule has 202 valence electrons. The van der Waals surface area contributed by atoms with Crippen molar-refractivity contribution in [2.75, 3.05) is 17.4 Å². The molecule has 0 aliphatic heterocycles. The molecule has 0 aliphatic carbocycles. The molecule has 0 aliphatic rings. The zero-order chi connectivity index (χ0) is 27.7. The van der Waals surface area contributed by atoms with Gasteiger partial charge in [0.2, 0.25) is 11.8 Å². The van der Waals surface area contributed by atoms with Crippen molar-refractivity contribution in [3.05, 3.63) is 95.6 Å². The van der Waals surface area contributed by atoms with E-state index in [0.29, 0.717) is 12.2 Å². The van der Waals surface area contributed by atoms with Crippen molar-refractivity contribution in [3.63, 3.8) is 0 Å². The molecule has 0 unspecified atom stereocenters. The Labute approximate surface area is 226 Å². The average Bonchev–Trinajstić information content (AvgIpc) is 2.92. The third kappa shape index (κ3) is 7.01. The number of nitrogens with zero attached hydrogens (tertiary/aromatic N) is 2. The summed E-state index contributed by atoms with van der Waals surface area (Å²) in [5.41, 5.74) is 2.95. The number of hydrogen-bond acceptors (Lipinski definition) is 4. The normalized spacial score (nSPS) is 12.0. The summed E-state index contributed by atoms with van der Waals surface area (Å²) in [6.45, 7) is 7.71. The van der Waals surface area contributed by atoms with E-state index in [1.807, 2.05) is 57.2 Å². The molecule has 2 amide bonds. The molecule has 3 aromatic carbocycles. The largest absolute Gasteiger partial charge is 0.354 e. The number of amides is 2. The number of anilines is 1. The van der Waals surface area contributed by atoms with Crippen molar-refractivity contribution >= 4 is 27.5 Å². The Bertz CT molecular complexity index is 1330. The minimum Gasteiger partial charge on any atom is -0.354 e. The van der Waals surface area contributed by atoms with Crippen LogP contribution in [-0.4, -0.2) is 44.3 Å². The lowest BCUT2D eigenvalue weighted by Crippen LogP contribution is -2.51. The van der Waals surface area contributed by atoms with Gasteiger partial charge in [0.1, 0.15) is 12.6 Å². The predicted molar refractivity (Wildman–Crippen MR) is 151 cm³/mol. The second-order valence-electron chi connectivity index (χ2n) is 9.37. The molecule has 1 N–H and O–H groups in total. The molecule has 0 bridgehead atoms. The Hall–Kier alpha value is -3.65. The number of aryl methyl sites for hydroxylation is 1. The summed E-state index contributed by atoms with van der Waals surface area (Å²) in [5, 5.41) is 2.90. The number of carbonyl (C=O) groups excluding carboxylic acids is 2. The van der Waals surface area contributed by atoms with Gasteiger partial charge in [-0.15, -0.1) is 0 Å². The molecule has 0 spiro atoms. The summed E-state index contributed by atoms with van der Waals surface area (Å²) in [7, 11) is -4.07. The maximum atomic E-state index is 13.9. The first-order valence-corrected chi connectivity index (χ1v) is 14.4. The first kappa shape index (κ1) is 28.9. The maximum absolute atomic E-state index is 13.9. The predicted octanol–water partition coefficient (Wildman–Crippen LogP) is 4.83. The Morgan fingerprint density at radius 2 is 1.53 bits per heavy atom. The van der Waals surface area contributed by atoms with Crippen molar-refractivity contribution in [1.29, 1.82) is 0 Å². The van der Waals surface area contributed by atoms with Gasteiger partial charge in [0.15, 0.2) is 0 Å². The Kier molecular flexibility index (Phi) is 10.1. The van der Waals surface area contributed by atoms with Crippen LogP contribution in [0.4, 0.5) is 5.69 Å². The average molecular weight is 536 g/mol. The molecule has 7 nitrogen and oxygen atoms in total. The number of hydrogen-bond donors (Lipinski definition) is 1. The second kappa shape index (κ2) is 13.2. The van der Waals surface area contributed by atoms with Crippen molar-refractivity contribution < 1.29 is 18.0 Å². The molecular weight excluding hydrogens is 498 g/mol. The lowest BCUT2D eigenvalue weighted by atomic mass is 10.1. The minimum absolute atomic E-state index is 0.0914. The highest BCUT2D eigenvalue weighted by Crippen LogP contribution is 2.29. The van der Waals surface area contributed by atoms with Gasteiger partial charge in [-0.3, -0.25) is 13.9 Å². The molecule has 0 fully saturated rings. The SMILES string of the molecule is CCCCNC(=O)[C@@H](C)N(Cc1ccccc1)C(=O)CN(c1cccc(C)c1C)S(=O)(=O)c1ccccc1. The molecule has 1 atom stereocenters. The van der Waals surface area contributed by atoms with Gasteiger partial charge in [0.25, 0.3) is 10.0 Å². The van der Waals surface area contributed by atoms with Crippen LogP contribution in [0, 0.1) is 13.8 Å². The number of benzene rings is 3. The summed E-state index contributed by atoms with van der Waals surface area (Å²) in [6.07, 6.45) is 1.77. The molecule has 3 aromatic rings. The van der Waals surface area contributed by atoms with Crippen LogP contribution in [-0.2, 0) is 26.2 Å². The molecule has 0 aromatic heterocycles. The van der Waals surface area contributed by atoms with E-state index in [2.05, 4.69) is 5.32 Å². The second-order valence-corrected chi connectivity index (χ2v) is 11.2. The molecule has 0 radical (unpaired) electrons. The number of unbranched alkanes of at least 4 members (excludes halogenated alkanes) is 1. The summed E-state index contributed by atoms with van der Waals surface area (Å²) in [5.74, 6) is -0.737. The number of rotatable bonds is 12. The van der Waals surface area contributed by atoms with Crippen LogP contribution in [0.25, 0.3) is 0 Å². The lowest BCUT2D eigenvalue weighted by molar-refractivity contribution is -0.139. The fourth-order valence-corrected chi connectivity index (χ4v) is 5.63. The highest BCUT2D eigenvalue weighted by molar-refractivity contribution is 7.92. The van der Waals surface area contributed by atoms with Crippen LogP contribution in [0.1, 0.15) is 43.4 Å². The van der Waals surface area contributed by atoms with Crippen molar-refractivity contribution in [2.24, 2.45) is 0 Å². The quantitative estimate of drug-likeness (QED) is 0.337. The minimum atomic E-state index is -4.07. The summed E-state index contributed by atoms with van der Waals surface area (Å²) in [6, 6.07) is 22.1. The zero-order valence-corrected chi connectivity index (χ0v) is 23.4. The van der Waals surface area contributed by atoms with Gasteiger partial charge in [-0.2, -0.15) is 0 Å². The Morgan fingerprint density at radius 3 is 2.16 bits per heavy atom. The topological polar surface area (TPSA) is 86.8 Å². The lowest BCUT2D eigenvalue weighted by Gasteiger charge is -2.32. The first-order chi connectivity index (χ1) is 18.2. The van der Waals surface area contributed by atoms with E-state index in [4.69, 9.17) is 0 Å². The molecule has 0 heterocycles. The molecule has 38 heavy (non-hydrogen) atoms. The van der Waals surface area contributed by atoms with E-state index in [1.165, 1.54) is 17.0 Å². The fourth-order valence-electron chi connectivity index (χ4n) is 4.14. The van der Waals surface area contributed by atoms with Crippen LogP contribution in [0.15, 0.2) is 83.8 Å². The van der Waals surface area contributed by atoms with E-state index < -0.39 is 28.5 Å². The fraction of sp³-hybridized carbons (Fsp3) is 0.333. The van der Waals surface area contributed by atoms with Crippen molar-refractivity contribution in [3.8, 4) is 0 Å². The first-order valence-electron chi connectivity index (χ1n) is 12.9. The smallest absolute Gasteiger partial charge is 0.264 e. The third-order valence-electron chi connectivity index (χ3n) is 6.65. The standard InChI is InChI=1S/C30H37N3O4S/c1-5-6-20-31-30(35)25(4)32(21-26-15-9-7-10-16-26)29(34)22-33(28-19-13-14-23(2)24(28)3)38(36,37)27-17-11-8-12-18-27/h7-19,25H,5-6,20-22H2,1-4H3,(H,31,35)/t25-/m1/s1. The molecule has 3 rings (SSSR count). The van der Waals surface area contributed by atoms with Crippen molar-refractivity contribution in [2.45, 2.75) is 58.0 Å². The highest BCUT2D eigenvalue weighted by Gasteiger charge is 2.33. The molecular formula is C30H37N3O4S.